The number of halogens is 1. The molecule has 0 aromatic heterocycles. The second-order valence-electron chi connectivity index (χ2n) is 4.43. The van der Waals surface area contributed by atoms with Crippen LogP contribution in [-0.2, 0) is 10.0 Å². The maximum atomic E-state index is 12.6. The van der Waals surface area contributed by atoms with Gasteiger partial charge in [-0.15, -0.1) is 0 Å². The van der Waals surface area contributed by atoms with Crippen LogP contribution in [0.25, 0.3) is 0 Å². The highest BCUT2D eigenvalue weighted by atomic mass is 79.9. The molecule has 0 saturated carbocycles. The molecular weight excluding hydrogens is 316 g/mol. The first-order chi connectivity index (χ1) is 8.57. The number of rotatable bonds is 3. The molecule has 1 aliphatic heterocycles. The van der Waals surface area contributed by atoms with Crippen LogP contribution in [0.5, 0.6) is 0 Å². The van der Waals surface area contributed by atoms with Crippen molar-refractivity contribution >= 4 is 26.0 Å². The lowest BCUT2D eigenvalue weighted by molar-refractivity contribution is 0.257. The fraction of sp³-hybridized carbons (Fsp3) is 0.500. The molecule has 1 heterocycles. The summed E-state index contributed by atoms with van der Waals surface area (Å²) < 4.78 is 27.4. The molecule has 18 heavy (non-hydrogen) atoms. The fourth-order valence-corrected chi connectivity index (χ4v) is 4.98. The first-order valence-electron chi connectivity index (χ1n) is 6.04. The van der Waals surface area contributed by atoms with E-state index in [9.17, 15) is 8.42 Å². The van der Waals surface area contributed by atoms with Crippen LogP contribution in [0.1, 0.15) is 19.3 Å². The van der Waals surface area contributed by atoms with Gasteiger partial charge in [0.25, 0.3) is 0 Å². The lowest BCUT2D eigenvalue weighted by Gasteiger charge is -2.34. The second-order valence-corrected chi connectivity index (χ2v) is 7.14. The average Bonchev–Trinajstić information content (AvgIpc) is 2.39. The molecule has 1 aliphatic rings. The van der Waals surface area contributed by atoms with Gasteiger partial charge in [0.1, 0.15) is 0 Å². The summed E-state index contributed by atoms with van der Waals surface area (Å²) in [6, 6.07) is 6.84. The van der Waals surface area contributed by atoms with E-state index in [0.717, 1.165) is 19.3 Å². The van der Waals surface area contributed by atoms with Gasteiger partial charge in [-0.05, 0) is 40.9 Å². The number of nitrogens with zero attached hydrogens (tertiary/aromatic N) is 1. The molecule has 100 valence electrons. The van der Waals surface area contributed by atoms with Gasteiger partial charge in [0.05, 0.1) is 4.90 Å². The summed E-state index contributed by atoms with van der Waals surface area (Å²) >= 11 is 3.30. The van der Waals surface area contributed by atoms with Gasteiger partial charge >= 0.3 is 0 Å². The molecule has 1 saturated heterocycles. The van der Waals surface area contributed by atoms with Gasteiger partial charge in [-0.25, -0.2) is 8.42 Å². The number of hydrogen-bond donors (Lipinski definition) is 1. The van der Waals surface area contributed by atoms with Crippen molar-refractivity contribution in [3.63, 3.8) is 0 Å². The van der Waals surface area contributed by atoms with Crippen molar-refractivity contribution in [2.75, 3.05) is 13.1 Å². The molecular formula is C12H17BrN2O2S. The summed E-state index contributed by atoms with van der Waals surface area (Å²) in [6.45, 7) is 0.940. The smallest absolute Gasteiger partial charge is 0.244 e. The number of piperidine rings is 1. The summed E-state index contributed by atoms with van der Waals surface area (Å²) in [7, 11) is -3.45. The van der Waals surface area contributed by atoms with E-state index in [1.165, 1.54) is 0 Å². The summed E-state index contributed by atoms with van der Waals surface area (Å²) in [4.78, 5) is 0.324. The number of nitrogens with two attached hydrogens (primary N) is 1. The second kappa shape index (κ2) is 5.69. The summed E-state index contributed by atoms with van der Waals surface area (Å²) in [5.74, 6) is 0. The van der Waals surface area contributed by atoms with Gasteiger partial charge in [-0.2, -0.15) is 4.31 Å². The zero-order valence-corrected chi connectivity index (χ0v) is 12.5. The Labute approximate surface area is 116 Å². The van der Waals surface area contributed by atoms with Crippen molar-refractivity contribution in [1.82, 2.24) is 4.31 Å². The van der Waals surface area contributed by atoms with E-state index in [1.54, 1.807) is 28.6 Å². The fourth-order valence-electron chi connectivity index (χ4n) is 2.31. The summed E-state index contributed by atoms with van der Waals surface area (Å²) in [6.07, 6.45) is 2.80. The lowest BCUT2D eigenvalue weighted by atomic mass is 10.1. The molecule has 1 fully saturated rings. The molecule has 1 aromatic carbocycles. The third-order valence-electron chi connectivity index (χ3n) is 3.27. The van der Waals surface area contributed by atoms with Crippen LogP contribution in [0.15, 0.2) is 33.6 Å². The molecule has 0 radical (unpaired) electrons. The SMILES string of the molecule is NCC1CCCCN1S(=O)(=O)c1ccccc1Br. The third-order valence-corrected chi connectivity index (χ3v) is 6.23. The van der Waals surface area contributed by atoms with E-state index in [-0.39, 0.29) is 6.04 Å². The zero-order chi connectivity index (χ0) is 13.2. The maximum absolute atomic E-state index is 12.6. The van der Waals surface area contributed by atoms with Crippen LogP contribution in [0.3, 0.4) is 0 Å². The number of sulfonamides is 1. The number of benzene rings is 1. The summed E-state index contributed by atoms with van der Waals surface area (Å²) in [5, 5.41) is 0. The van der Waals surface area contributed by atoms with Crippen molar-refractivity contribution in [2.24, 2.45) is 5.73 Å². The summed E-state index contributed by atoms with van der Waals surface area (Å²) in [5.41, 5.74) is 5.69. The third kappa shape index (κ3) is 2.61. The van der Waals surface area contributed by atoms with Crippen LogP contribution in [0.4, 0.5) is 0 Å². The minimum atomic E-state index is -3.45. The van der Waals surface area contributed by atoms with Crippen molar-refractivity contribution in [3.8, 4) is 0 Å². The lowest BCUT2D eigenvalue weighted by Crippen LogP contribution is -2.47. The average molecular weight is 333 g/mol. The molecule has 1 unspecified atom stereocenters. The van der Waals surface area contributed by atoms with Gasteiger partial charge < -0.3 is 5.73 Å². The largest absolute Gasteiger partial charge is 0.329 e. The van der Waals surface area contributed by atoms with E-state index in [0.29, 0.717) is 22.5 Å². The van der Waals surface area contributed by atoms with Gasteiger partial charge in [-0.3, -0.25) is 0 Å². The quantitative estimate of drug-likeness (QED) is 0.920. The minimum absolute atomic E-state index is 0.0733. The highest BCUT2D eigenvalue weighted by molar-refractivity contribution is 9.10. The Morgan fingerprint density at radius 1 is 1.33 bits per heavy atom. The molecule has 4 nitrogen and oxygen atoms in total. The Bertz CT molecular complexity index is 519. The van der Waals surface area contributed by atoms with Crippen LogP contribution >= 0.6 is 15.9 Å². The van der Waals surface area contributed by atoms with Crippen molar-refractivity contribution in [2.45, 2.75) is 30.2 Å². The molecule has 0 bridgehead atoms. The van der Waals surface area contributed by atoms with Crippen LogP contribution in [-0.4, -0.2) is 31.9 Å². The predicted octanol–water partition coefficient (Wildman–Crippen LogP) is 1.95. The highest BCUT2D eigenvalue weighted by Crippen LogP contribution is 2.29. The molecule has 0 amide bonds. The monoisotopic (exact) mass is 332 g/mol. The first-order valence-corrected chi connectivity index (χ1v) is 8.27. The molecule has 1 atom stereocenters. The van der Waals surface area contributed by atoms with Gasteiger partial charge in [0.2, 0.25) is 10.0 Å². The zero-order valence-electron chi connectivity index (χ0n) is 10.0. The van der Waals surface area contributed by atoms with Crippen molar-refractivity contribution in [1.29, 1.82) is 0 Å². The Hall–Kier alpha value is -0.430. The van der Waals surface area contributed by atoms with Gasteiger partial charge in [0.15, 0.2) is 0 Å². The molecule has 0 aliphatic carbocycles. The molecule has 2 rings (SSSR count). The topological polar surface area (TPSA) is 63.4 Å². The first kappa shape index (κ1) is 14.0. The predicted molar refractivity (Wildman–Crippen MR) is 74.7 cm³/mol. The normalized spacial score (nSPS) is 22.0. The van der Waals surface area contributed by atoms with Crippen molar-refractivity contribution < 1.29 is 8.42 Å². The van der Waals surface area contributed by atoms with E-state index in [2.05, 4.69) is 15.9 Å². The van der Waals surface area contributed by atoms with Crippen LogP contribution in [0.2, 0.25) is 0 Å². The van der Waals surface area contributed by atoms with E-state index >= 15 is 0 Å². The van der Waals surface area contributed by atoms with E-state index < -0.39 is 10.0 Å². The highest BCUT2D eigenvalue weighted by Gasteiger charge is 2.33. The van der Waals surface area contributed by atoms with Crippen LogP contribution in [0, 0.1) is 0 Å². The van der Waals surface area contributed by atoms with Crippen LogP contribution < -0.4 is 5.73 Å². The molecule has 0 spiro atoms. The van der Waals surface area contributed by atoms with Crippen molar-refractivity contribution in [3.05, 3.63) is 28.7 Å². The molecule has 1 aromatic rings. The van der Waals surface area contributed by atoms with E-state index in [1.807, 2.05) is 0 Å². The van der Waals surface area contributed by atoms with Gasteiger partial charge in [-0.1, -0.05) is 18.6 Å². The van der Waals surface area contributed by atoms with Gasteiger partial charge in [0, 0.05) is 23.6 Å². The van der Waals surface area contributed by atoms with E-state index in [4.69, 9.17) is 5.73 Å². The molecule has 6 heteroatoms. The maximum Gasteiger partial charge on any atom is 0.244 e. The Morgan fingerprint density at radius 3 is 2.72 bits per heavy atom. The Balaban J connectivity index is 2.39. The Kier molecular flexibility index (Phi) is 4.42. The number of hydrogen-bond acceptors (Lipinski definition) is 3. The molecule has 2 N–H and O–H groups in total. The minimum Gasteiger partial charge on any atom is -0.329 e. The standard InChI is InChI=1S/C12H17BrN2O2S/c13-11-6-1-2-7-12(11)18(16,17)15-8-4-3-5-10(15)9-14/h1-2,6-7,10H,3-5,8-9,14H2. The Morgan fingerprint density at radius 2 is 2.06 bits per heavy atom.